The highest BCUT2D eigenvalue weighted by molar-refractivity contribution is 9.11. The first-order valence-corrected chi connectivity index (χ1v) is 6.38. The summed E-state index contributed by atoms with van der Waals surface area (Å²) in [5.41, 5.74) is 0. The van der Waals surface area contributed by atoms with Crippen molar-refractivity contribution in [2.24, 2.45) is 7.05 Å². The van der Waals surface area contributed by atoms with Gasteiger partial charge in [-0.15, -0.1) is 0 Å². The molecule has 1 heterocycles. The monoisotopic (exact) mass is 387 g/mol. The van der Waals surface area contributed by atoms with Gasteiger partial charge in [0.15, 0.2) is 6.20 Å². The highest BCUT2D eigenvalue weighted by Crippen LogP contribution is 2.26. The van der Waals surface area contributed by atoms with Gasteiger partial charge in [0.05, 0.1) is 9.86 Å². The highest BCUT2D eigenvalue weighted by Gasteiger charge is 2.20. The van der Waals surface area contributed by atoms with Crippen LogP contribution in [0.3, 0.4) is 0 Å². The molecule has 8 heteroatoms. The lowest BCUT2D eigenvalue weighted by atomic mass is 10.2. The molecule has 1 aromatic heterocycles. The molecule has 1 nitrogen and oxygen atoms in total. The Morgan fingerprint density at radius 2 is 1.44 bits per heavy atom. The van der Waals surface area contributed by atoms with Crippen LogP contribution in [-0.2, 0) is 7.05 Å². The van der Waals surface area contributed by atoms with Gasteiger partial charge in [0.2, 0.25) is 0 Å². The first kappa shape index (κ1) is 15.4. The zero-order valence-corrected chi connectivity index (χ0v) is 12.4. The molecule has 0 radical (unpaired) electrons. The third-order valence-corrected chi connectivity index (χ3v) is 3.64. The largest absolute Gasteiger partial charge is 0.673 e. The van der Waals surface area contributed by atoms with Gasteiger partial charge in [0.1, 0.15) is 7.05 Å². The maximum Gasteiger partial charge on any atom is 0.673 e. The van der Waals surface area contributed by atoms with Crippen molar-refractivity contribution >= 4 is 49.9 Å². The molecule has 98 valence electrons. The number of pyridine rings is 1. The summed E-state index contributed by atoms with van der Waals surface area (Å²) in [6.07, 6.45) is 2.05. The van der Waals surface area contributed by atoms with Crippen LogP contribution in [0, 0.1) is 0 Å². The molecule has 18 heavy (non-hydrogen) atoms. The normalized spacial score (nSPS) is 11.1. The molecule has 1 aromatic carbocycles. The maximum atomic E-state index is 9.75. The molecular weight excluding hydrogens is 381 g/mol. The van der Waals surface area contributed by atoms with E-state index in [0.717, 1.165) is 9.08 Å². The summed E-state index contributed by atoms with van der Waals surface area (Å²) in [7, 11) is -3.98. The zero-order valence-electron chi connectivity index (χ0n) is 9.18. The van der Waals surface area contributed by atoms with E-state index < -0.39 is 7.25 Å². The summed E-state index contributed by atoms with van der Waals surface area (Å²) in [4.78, 5) is 0. The van der Waals surface area contributed by atoms with E-state index in [1.54, 1.807) is 0 Å². The smallest absolute Gasteiger partial charge is 0.418 e. The molecule has 0 bridgehead atoms. The molecule has 0 saturated heterocycles. The number of benzene rings is 1. The summed E-state index contributed by atoms with van der Waals surface area (Å²) in [6, 6.07) is 8.29. The minimum atomic E-state index is -6.00. The fraction of sp³-hybridized carbons (Fsp3) is 0.100. The van der Waals surface area contributed by atoms with Gasteiger partial charge < -0.3 is 17.3 Å². The van der Waals surface area contributed by atoms with Crippen molar-refractivity contribution in [3.05, 3.63) is 39.5 Å². The first-order valence-electron chi connectivity index (χ1n) is 4.80. The Hall–Kier alpha value is -0.625. The second-order valence-corrected chi connectivity index (χ2v) is 5.02. The van der Waals surface area contributed by atoms with Crippen molar-refractivity contribution in [2.45, 2.75) is 0 Å². The average molecular weight is 389 g/mol. The van der Waals surface area contributed by atoms with Gasteiger partial charge in [-0.25, -0.2) is 0 Å². The quantitative estimate of drug-likeness (QED) is 0.271. The number of halogens is 6. The van der Waals surface area contributed by atoms with Crippen molar-refractivity contribution in [3.8, 4) is 0 Å². The predicted molar refractivity (Wildman–Crippen MR) is 70.7 cm³/mol. The van der Waals surface area contributed by atoms with Crippen molar-refractivity contribution in [1.29, 1.82) is 0 Å². The molecule has 0 atom stereocenters. The number of hydrogen-bond acceptors (Lipinski definition) is 0. The minimum Gasteiger partial charge on any atom is -0.418 e. The molecule has 0 aliphatic rings. The van der Waals surface area contributed by atoms with E-state index in [9.17, 15) is 17.3 Å². The van der Waals surface area contributed by atoms with Crippen LogP contribution in [0.1, 0.15) is 0 Å². The number of fused-ring (bicyclic) bond motifs is 1. The summed E-state index contributed by atoms with van der Waals surface area (Å²) < 4.78 is 43.3. The number of aryl methyl sites for hydroxylation is 1. The van der Waals surface area contributed by atoms with Crippen LogP contribution in [0.2, 0.25) is 0 Å². The molecule has 0 aliphatic carbocycles. The van der Waals surface area contributed by atoms with Crippen LogP contribution in [0.15, 0.2) is 39.5 Å². The van der Waals surface area contributed by atoms with E-state index in [2.05, 4.69) is 44.0 Å². The average Bonchev–Trinajstić information content (AvgIpc) is 2.24. The van der Waals surface area contributed by atoms with Gasteiger partial charge in [-0.05, 0) is 22.0 Å². The van der Waals surface area contributed by atoms with Crippen LogP contribution in [-0.4, -0.2) is 7.25 Å². The predicted octanol–water partition coefficient (Wildman–Crippen LogP) is 4.49. The van der Waals surface area contributed by atoms with E-state index in [-0.39, 0.29) is 0 Å². The molecule has 2 rings (SSSR count). The van der Waals surface area contributed by atoms with Gasteiger partial charge >= 0.3 is 7.25 Å². The van der Waals surface area contributed by atoms with E-state index in [1.807, 2.05) is 29.9 Å². The molecule has 0 N–H and O–H groups in total. The van der Waals surface area contributed by atoms with E-state index in [1.165, 1.54) is 10.8 Å². The topological polar surface area (TPSA) is 3.88 Å². The molecule has 0 aliphatic heterocycles. The molecule has 2 aromatic rings. The van der Waals surface area contributed by atoms with Crippen molar-refractivity contribution in [1.82, 2.24) is 0 Å². The van der Waals surface area contributed by atoms with Gasteiger partial charge in [0.25, 0.3) is 4.60 Å². The molecule has 0 fully saturated rings. The summed E-state index contributed by atoms with van der Waals surface area (Å²) >= 11 is 7.10. The third-order valence-electron chi connectivity index (χ3n) is 2.02. The Bertz CT molecular complexity index is 553. The fourth-order valence-corrected chi connectivity index (χ4v) is 2.46. The Labute approximate surface area is 118 Å². The van der Waals surface area contributed by atoms with Crippen LogP contribution in [0.5, 0.6) is 0 Å². The zero-order chi connectivity index (χ0) is 13.9. The molecule has 0 saturated carbocycles. The maximum absolute atomic E-state index is 9.75. The van der Waals surface area contributed by atoms with Crippen molar-refractivity contribution in [2.75, 3.05) is 0 Å². The lowest BCUT2D eigenvalue weighted by Gasteiger charge is -2.00. The van der Waals surface area contributed by atoms with Crippen LogP contribution in [0.4, 0.5) is 17.3 Å². The van der Waals surface area contributed by atoms with Gasteiger partial charge in [0, 0.05) is 21.3 Å². The third kappa shape index (κ3) is 4.57. The first-order chi connectivity index (χ1) is 8.20. The second kappa shape index (κ2) is 6.01. The SMILES string of the molecule is C[n+]1cc(Br)c2ccccc2c1Br.F[B-](F)(F)F. The second-order valence-electron chi connectivity index (χ2n) is 3.42. The standard InChI is InChI=1S/C10H8Br2N.BF4/c1-13-6-9(11)7-4-2-3-5-8(7)10(13)12;2-1(3,4)5/h2-6H,1H3;/q+1;-1. The lowest BCUT2D eigenvalue weighted by molar-refractivity contribution is -0.681. The number of hydrogen-bond donors (Lipinski definition) is 0. The van der Waals surface area contributed by atoms with E-state index in [4.69, 9.17) is 0 Å². The van der Waals surface area contributed by atoms with Crippen molar-refractivity contribution in [3.63, 3.8) is 0 Å². The molecule has 0 unspecified atom stereocenters. The fourth-order valence-electron chi connectivity index (χ4n) is 1.36. The Morgan fingerprint density at radius 1 is 1.00 bits per heavy atom. The summed E-state index contributed by atoms with van der Waals surface area (Å²) in [5.74, 6) is 0. The van der Waals surface area contributed by atoms with Crippen LogP contribution in [0.25, 0.3) is 10.8 Å². The molecule has 0 amide bonds. The summed E-state index contributed by atoms with van der Waals surface area (Å²) in [5, 5.41) is 2.45. The molecular formula is C10H8BBr2F4N. The Kier molecular flexibility index (Phi) is 5.15. The van der Waals surface area contributed by atoms with Gasteiger partial charge in [-0.3, -0.25) is 0 Å². The Morgan fingerprint density at radius 3 is 1.94 bits per heavy atom. The van der Waals surface area contributed by atoms with Gasteiger partial charge in [-0.1, -0.05) is 18.2 Å². The number of rotatable bonds is 0. The van der Waals surface area contributed by atoms with E-state index >= 15 is 0 Å². The van der Waals surface area contributed by atoms with Crippen LogP contribution >= 0.6 is 31.9 Å². The minimum absolute atomic E-state index is 1.10. The van der Waals surface area contributed by atoms with E-state index in [0.29, 0.717) is 0 Å². The lowest BCUT2D eigenvalue weighted by Crippen LogP contribution is -2.29. The number of aromatic nitrogens is 1. The number of nitrogens with zero attached hydrogens (tertiary/aromatic N) is 1. The van der Waals surface area contributed by atoms with Crippen molar-refractivity contribution < 1.29 is 21.8 Å². The van der Waals surface area contributed by atoms with Crippen LogP contribution < -0.4 is 4.57 Å². The summed E-state index contributed by atoms with van der Waals surface area (Å²) in [6.45, 7) is 0. The van der Waals surface area contributed by atoms with Gasteiger partial charge in [-0.2, -0.15) is 4.57 Å². The Balaban J connectivity index is 0.000000280. The highest BCUT2D eigenvalue weighted by atomic mass is 79.9. The molecule has 0 spiro atoms.